The number of rotatable bonds is 4. The van der Waals surface area contributed by atoms with Crippen molar-refractivity contribution < 1.29 is 19.0 Å². The summed E-state index contributed by atoms with van der Waals surface area (Å²) in [6.07, 6.45) is -0.0162. The van der Waals surface area contributed by atoms with Crippen LogP contribution in [0, 0.1) is 5.82 Å². The molecular formula is C10H12FNO3. The molecule has 0 aliphatic carbocycles. The van der Waals surface area contributed by atoms with E-state index in [2.05, 4.69) is 0 Å². The lowest BCUT2D eigenvalue weighted by Crippen LogP contribution is -2.10. The number of aromatic hydroxyl groups is 1. The van der Waals surface area contributed by atoms with Crippen LogP contribution in [0.3, 0.4) is 0 Å². The average molecular weight is 213 g/mol. The summed E-state index contributed by atoms with van der Waals surface area (Å²) >= 11 is 0. The maximum Gasteiger partial charge on any atom is 0.179 e. The highest BCUT2D eigenvalue weighted by molar-refractivity contribution is 5.99. The van der Waals surface area contributed by atoms with E-state index in [9.17, 15) is 14.3 Å². The van der Waals surface area contributed by atoms with Gasteiger partial charge in [-0.25, -0.2) is 4.39 Å². The fourth-order valence-corrected chi connectivity index (χ4v) is 1.23. The van der Waals surface area contributed by atoms with E-state index < -0.39 is 17.3 Å². The van der Waals surface area contributed by atoms with E-state index in [-0.39, 0.29) is 24.3 Å². The minimum atomic E-state index is -0.851. The lowest BCUT2D eigenvalue weighted by Gasteiger charge is -2.08. The summed E-state index contributed by atoms with van der Waals surface area (Å²) in [7, 11) is 1.28. The summed E-state index contributed by atoms with van der Waals surface area (Å²) in [5, 5.41) is 9.35. The van der Waals surface area contributed by atoms with Gasteiger partial charge in [0.2, 0.25) is 0 Å². The first-order valence-electron chi connectivity index (χ1n) is 4.40. The number of hydrogen-bond acceptors (Lipinski definition) is 4. The van der Waals surface area contributed by atoms with Gasteiger partial charge in [-0.05, 0) is 18.7 Å². The van der Waals surface area contributed by atoms with Crippen LogP contribution >= 0.6 is 0 Å². The molecule has 0 bridgehead atoms. The van der Waals surface area contributed by atoms with Gasteiger partial charge in [-0.2, -0.15) is 0 Å². The zero-order chi connectivity index (χ0) is 11.4. The third-order valence-electron chi connectivity index (χ3n) is 1.95. The van der Waals surface area contributed by atoms with Gasteiger partial charge in [0.05, 0.1) is 12.7 Å². The van der Waals surface area contributed by atoms with Crippen LogP contribution in [-0.4, -0.2) is 24.5 Å². The Morgan fingerprint density at radius 1 is 1.60 bits per heavy atom. The molecule has 82 valence electrons. The van der Waals surface area contributed by atoms with Gasteiger partial charge in [-0.3, -0.25) is 4.79 Å². The molecule has 0 saturated heterocycles. The number of nitrogens with two attached hydrogens (primary N) is 1. The lowest BCUT2D eigenvalue weighted by molar-refractivity contribution is 0.0978. The molecule has 0 aliphatic heterocycles. The predicted octanol–water partition coefficient (Wildman–Crippen LogP) is 1.07. The Morgan fingerprint density at radius 2 is 2.27 bits per heavy atom. The van der Waals surface area contributed by atoms with Crippen molar-refractivity contribution >= 4 is 5.78 Å². The Balaban J connectivity index is 3.20. The van der Waals surface area contributed by atoms with E-state index in [4.69, 9.17) is 10.5 Å². The van der Waals surface area contributed by atoms with Gasteiger partial charge in [0.15, 0.2) is 17.3 Å². The number of phenols is 1. The summed E-state index contributed by atoms with van der Waals surface area (Å²) in [6, 6.07) is 2.47. The number of carbonyl (C=O) groups is 1. The monoisotopic (exact) mass is 213 g/mol. The smallest absolute Gasteiger partial charge is 0.179 e. The number of hydrogen-bond donors (Lipinski definition) is 2. The van der Waals surface area contributed by atoms with Crippen molar-refractivity contribution in [1.82, 2.24) is 0 Å². The van der Waals surface area contributed by atoms with E-state index in [0.717, 1.165) is 0 Å². The molecule has 0 heterocycles. The number of benzene rings is 1. The second-order valence-electron chi connectivity index (χ2n) is 2.94. The number of methoxy groups -OCH3 is 1. The van der Waals surface area contributed by atoms with E-state index in [0.29, 0.717) is 0 Å². The first kappa shape index (κ1) is 11.5. The van der Waals surface area contributed by atoms with Gasteiger partial charge in [0.1, 0.15) is 5.75 Å². The number of halogens is 1. The van der Waals surface area contributed by atoms with Gasteiger partial charge in [0.25, 0.3) is 0 Å². The molecular weight excluding hydrogens is 201 g/mol. The minimum absolute atomic E-state index is 0.0162. The maximum absolute atomic E-state index is 13.6. The Labute approximate surface area is 86.5 Å². The van der Waals surface area contributed by atoms with Gasteiger partial charge in [-0.15, -0.1) is 0 Å². The lowest BCUT2D eigenvalue weighted by atomic mass is 10.1. The largest absolute Gasteiger partial charge is 0.507 e. The summed E-state index contributed by atoms with van der Waals surface area (Å²) in [6.45, 7) is 0.106. The summed E-state index contributed by atoms with van der Waals surface area (Å²) in [5.74, 6) is -1.86. The number of ether oxygens (including phenoxy) is 1. The Bertz CT molecular complexity index is 379. The summed E-state index contributed by atoms with van der Waals surface area (Å²) in [4.78, 5) is 11.4. The first-order chi connectivity index (χ1) is 7.11. The van der Waals surface area contributed by atoms with Crippen LogP contribution in [0.1, 0.15) is 16.8 Å². The van der Waals surface area contributed by atoms with Crippen molar-refractivity contribution in [3.63, 3.8) is 0 Å². The van der Waals surface area contributed by atoms with Crippen LogP contribution in [-0.2, 0) is 0 Å². The standard InChI is InChI=1S/C10H12FNO3/c1-15-8-3-2-6(13)9(10(8)11)7(14)4-5-12/h2-3,13H,4-5,12H2,1H3. The molecule has 0 unspecified atom stereocenters. The number of ketones is 1. The molecule has 0 spiro atoms. The molecule has 1 aromatic rings. The molecule has 0 radical (unpaired) electrons. The highest BCUT2D eigenvalue weighted by Gasteiger charge is 2.19. The second kappa shape index (κ2) is 4.75. The Morgan fingerprint density at radius 3 is 2.80 bits per heavy atom. The highest BCUT2D eigenvalue weighted by atomic mass is 19.1. The van der Waals surface area contributed by atoms with Crippen molar-refractivity contribution in [2.45, 2.75) is 6.42 Å². The van der Waals surface area contributed by atoms with E-state index in [1.807, 2.05) is 0 Å². The fraction of sp³-hybridized carbons (Fsp3) is 0.300. The van der Waals surface area contributed by atoms with E-state index in [1.54, 1.807) is 0 Å². The van der Waals surface area contributed by atoms with Crippen molar-refractivity contribution in [1.29, 1.82) is 0 Å². The second-order valence-corrected chi connectivity index (χ2v) is 2.94. The number of phenolic OH excluding ortho intramolecular Hbond substituents is 1. The van der Waals surface area contributed by atoms with Gasteiger partial charge >= 0.3 is 0 Å². The fourth-order valence-electron chi connectivity index (χ4n) is 1.23. The van der Waals surface area contributed by atoms with E-state index in [1.165, 1.54) is 19.2 Å². The molecule has 4 nitrogen and oxygen atoms in total. The van der Waals surface area contributed by atoms with Crippen molar-refractivity contribution in [2.75, 3.05) is 13.7 Å². The highest BCUT2D eigenvalue weighted by Crippen LogP contribution is 2.28. The summed E-state index contributed by atoms with van der Waals surface area (Å²) in [5.41, 5.74) is 4.82. The van der Waals surface area contributed by atoms with Crippen molar-refractivity contribution in [3.05, 3.63) is 23.5 Å². The van der Waals surface area contributed by atoms with Crippen LogP contribution < -0.4 is 10.5 Å². The molecule has 0 fully saturated rings. The third kappa shape index (κ3) is 2.24. The molecule has 1 aromatic carbocycles. The third-order valence-corrected chi connectivity index (χ3v) is 1.95. The Kier molecular flexibility index (Phi) is 3.62. The molecule has 0 atom stereocenters. The molecule has 0 amide bonds. The van der Waals surface area contributed by atoms with Gasteiger partial charge in [-0.1, -0.05) is 0 Å². The Hall–Kier alpha value is -1.62. The normalized spacial score (nSPS) is 10.1. The zero-order valence-electron chi connectivity index (χ0n) is 8.29. The van der Waals surface area contributed by atoms with Crippen molar-refractivity contribution in [2.24, 2.45) is 5.73 Å². The number of Topliss-reactive ketones (excluding diaryl/α,β-unsaturated/α-hetero) is 1. The average Bonchev–Trinajstić information content (AvgIpc) is 2.18. The molecule has 15 heavy (non-hydrogen) atoms. The quantitative estimate of drug-likeness (QED) is 0.734. The SMILES string of the molecule is COc1ccc(O)c(C(=O)CCN)c1F. The van der Waals surface area contributed by atoms with Crippen LogP contribution in [0.5, 0.6) is 11.5 Å². The van der Waals surface area contributed by atoms with Crippen LogP contribution in [0.4, 0.5) is 4.39 Å². The molecule has 0 aliphatic rings. The van der Waals surface area contributed by atoms with Crippen LogP contribution in [0.25, 0.3) is 0 Å². The topological polar surface area (TPSA) is 72.5 Å². The van der Waals surface area contributed by atoms with Crippen LogP contribution in [0.15, 0.2) is 12.1 Å². The van der Waals surface area contributed by atoms with Gasteiger partial charge < -0.3 is 15.6 Å². The number of carbonyl (C=O) groups excluding carboxylic acids is 1. The van der Waals surface area contributed by atoms with Crippen molar-refractivity contribution in [3.8, 4) is 11.5 Å². The first-order valence-corrected chi connectivity index (χ1v) is 4.40. The predicted molar refractivity (Wildman–Crippen MR) is 52.6 cm³/mol. The molecule has 5 heteroatoms. The molecule has 1 rings (SSSR count). The molecule has 0 aromatic heterocycles. The zero-order valence-corrected chi connectivity index (χ0v) is 8.29. The van der Waals surface area contributed by atoms with E-state index >= 15 is 0 Å². The van der Waals surface area contributed by atoms with Gasteiger partial charge in [0, 0.05) is 6.42 Å². The molecule has 3 N–H and O–H groups in total. The molecule has 0 saturated carbocycles. The summed E-state index contributed by atoms with van der Waals surface area (Å²) < 4.78 is 18.3. The van der Waals surface area contributed by atoms with Crippen LogP contribution in [0.2, 0.25) is 0 Å². The maximum atomic E-state index is 13.6. The minimum Gasteiger partial charge on any atom is -0.507 e.